The lowest BCUT2D eigenvalue weighted by Crippen LogP contribution is -2.43. The number of amides is 1. The third kappa shape index (κ3) is 3.65. The number of carbonyl (C=O) groups is 1. The minimum Gasteiger partial charge on any atom is -0.377 e. The van der Waals surface area contributed by atoms with Crippen molar-refractivity contribution in [3.63, 3.8) is 0 Å². The molecular weight excluding hydrogens is 319 g/mol. The fraction of sp³-hybridized carbons (Fsp3) is 0.353. The number of nitrogens with one attached hydrogen (secondary N) is 1. The molecule has 0 bridgehead atoms. The molecule has 1 aromatic rings. The van der Waals surface area contributed by atoms with Crippen molar-refractivity contribution in [2.24, 2.45) is 0 Å². The van der Waals surface area contributed by atoms with Crippen LogP contribution in [-0.2, 0) is 11.2 Å². The smallest absolute Gasteiger partial charge is 0.242 e. The van der Waals surface area contributed by atoms with E-state index in [4.69, 9.17) is 23.2 Å². The van der Waals surface area contributed by atoms with Crippen LogP contribution in [0.25, 0.3) is 0 Å². The third-order valence-electron chi connectivity index (χ3n) is 3.84. The summed E-state index contributed by atoms with van der Waals surface area (Å²) in [7, 11) is 0. The van der Waals surface area contributed by atoms with Gasteiger partial charge in [0.2, 0.25) is 5.91 Å². The second-order valence-corrected chi connectivity index (χ2v) is 6.20. The first-order valence-electron chi connectivity index (χ1n) is 7.26. The van der Waals surface area contributed by atoms with Gasteiger partial charge in [0.25, 0.3) is 0 Å². The molecule has 2 rings (SSSR count). The van der Waals surface area contributed by atoms with E-state index in [9.17, 15) is 4.79 Å². The lowest BCUT2D eigenvalue weighted by atomic mass is 9.93. The molecule has 1 amide bonds. The van der Waals surface area contributed by atoms with Crippen molar-refractivity contribution in [3.05, 3.63) is 57.7 Å². The van der Waals surface area contributed by atoms with Gasteiger partial charge in [-0.25, -0.2) is 0 Å². The number of hydrogen-bond acceptors (Lipinski definition) is 2. The first-order chi connectivity index (χ1) is 10.4. The van der Waals surface area contributed by atoms with Crippen molar-refractivity contribution in [2.45, 2.75) is 26.3 Å². The predicted octanol–water partition coefficient (Wildman–Crippen LogP) is 4.12. The highest BCUT2D eigenvalue weighted by Crippen LogP contribution is 2.36. The number of benzene rings is 1. The summed E-state index contributed by atoms with van der Waals surface area (Å²) in [6, 6.07) is 3.61. The molecule has 0 saturated carbocycles. The van der Waals surface area contributed by atoms with Crippen LogP contribution in [-0.4, -0.2) is 23.9 Å². The number of hydrogen-bond donors (Lipinski definition) is 1. The largest absolute Gasteiger partial charge is 0.377 e. The van der Waals surface area contributed by atoms with Gasteiger partial charge in [-0.1, -0.05) is 35.9 Å². The summed E-state index contributed by atoms with van der Waals surface area (Å²) in [5.41, 5.74) is 2.85. The molecule has 1 aromatic carbocycles. The van der Waals surface area contributed by atoms with Crippen LogP contribution in [0.15, 0.2) is 36.6 Å². The summed E-state index contributed by atoms with van der Waals surface area (Å²) in [5, 5.41) is 4.29. The number of fused-ring (bicyclic) bond motifs is 1. The monoisotopic (exact) mass is 338 g/mol. The van der Waals surface area contributed by atoms with E-state index in [0.29, 0.717) is 16.6 Å². The summed E-state index contributed by atoms with van der Waals surface area (Å²) < 4.78 is 0. The van der Waals surface area contributed by atoms with Crippen molar-refractivity contribution in [1.29, 1.82) is 0 Å². The SMILES string of the molecule is C=C(/C=C\C)NCC(=O)N1CCc2cc(Cl)cc(Cl)c2C1C. The zero-order valence-corrected chi connectivity index (χ0v) is 14.3. The molecule has 0 radical (unpaired) electrons. The predicted molar refractivity (Wildman–Crippen MR) is 92.3 cm³/mol. The van der Waals surface area contributed by atoms with Crippen LogP contribution in [0.5, 0.6) is 0 Å². The van der Waals surface area contributed by atoms with Crippen molar-refractivity contribution in [3.8, 4) is 0 Å². The molecule has 0 saturated heterocycles. The molecule has 1 N–H and O–H groups in total. The molecule has 0 spiro atoms. The molecule has 0 aromatic heterocycles. The summed E-state index contributed by atoms with van der Waals surface area (Å²) in [6.45, 7) is 8.64. The van der Waals surface area contributed by atoms with E-state index in [-0.39, 0.29) is 18.5 Å². The number of halogens is 2. The highest BCUT2D eigenvalue weighted by Gasteiger charge is 2.29. The van der Waals surface area contributed by atoms with Gasteiger partial charge >= 0.3 is 0 Å². The van der Waals surface area contributed by atoms with Crippen molar-refractivity contribution in [1.82, 2.24) is 10.2 Å². The van der Waals surface area contributed by atoms with Gasteiger partial charge in [-0.3, -0.25) is 4.79 Å². The number of carbonyl (C=O) groups excluding carboxylic acids is 1. The van der Waals surface area contributed by atoms with Gasteiger partial charge in [-0.05, 0) is 49.6 Å². The van der Waals surface area contributed by atoms with Gasteiger partial charge in [0, 0.05) is 22.3 Å². The van der Waals surface area contributed by atoms with E-state index < -0.39 is 0 Å². The standard InChI is InChI=1S/C17H20Cl2N2O/c1-4-5-11(2)20-10-16(22)21-7-6-13-8-14(18)9-15(19)17(13)12(21)3/h4-5,8-9,12,20H,2,6-7,10H2,1,3H3/b5-4-. The molecule has 1 unspecified atom stereocenters. The topological polar surface area (TPSA) is 32.3 Å². The highest BCUT2D eigenvalue weighted by atomic mass is 35.5. The Morgan fingerprint density at radius 2 is 2.23 bits per heavy atom. The second kappa shape index (κ2) is 7.21. The van der Waals surface area contributed by atoms with E-state index >= 15 is 0 Å². The second-order valence-electron chi connectivity index (χ2n) is 5.35. The Hall–Kier alpha value is -1.45. The van der Waals surface area contributed by atoms with Crippen LogP contribution < -0.4 is 5.32 Å². The normalized spacial score (nSPS) is 17.5. The van der Waals surface area contributed by atoms with Crippen LogP contribution in [0.2, 0.25) is 10.0 Å². The number of allylic oxidation sites excluding steroid dienone is 2. The summed E-state index contributed by atoms with van der Waals surface area (Å²) >= 11 is 12.4. The average molecular weight is 339 g/mol. The maximum atomic E-state index is 12.4. The maximum absolute atomic E-state index is 12.4. The molecule has 1 heterocycles. The van der Waals surface area contributed by atoms with Crippen LogP contribution in [0.4, 0.5) is 0 Å². The van der Waals surface area contributed by atoms with Crippen molar-refractivity contribution < 1.29 is 4.79 Å². The van der Waals surface area contributed by atoms with E-state index in [1.54, 1.807) is 6.07 Å². The maximum Gasteiger partial charge on any atom is 0.242 e. The Morgan fingerprint density at radius 1 is 1.50 bits per heavy atom. The van der Waals surface area contributed by atoms with Crippen LogP contribution in [0.3, 0.4) is 0 Å². The minimum atomic E-state index is -0.0576. The molecule has 3 nitrogen and oxygen atoms in total. The fourth-order valence-electron chi connectivity index (χ4n) is 2.79. The van der Waals surface area contributed by atoms with Gasteiger partial charge in [-0.2, -0.15) is 0 Å². The third-order valence-corrected chi connectivity index (χ3v) is 4.37. The molecule has 1 aliphatic heterocycles. The fourth-order valence-corrected chi connectivity index (χ4v) is 3.49. The summed E-state index contributed by atoms with van der Waals surface area (Å²) in [5.74, 6) is 0.0369. The van der Waals surface area contributed by atoms with Gasteiger partial charge in [0.1, 0.15) is 0 Å². The summed E-state index contributed by atoms with van der Waals surface area (Å²) in [6.07, 6.45) is 4.48. The Bertz CT molecular complexity index is 625. The van der Waals surface area contributed by atoms with Crippen molar-refractivity contribution in [2.75, 3.05) is 13.1 Å². The molecule has 1 atom stereocenters. The van der Waals surface area contributed by atoms with Crippen LogP contribution >= 0.6 is 23.2 Å². The summed E-state index contributed by atoms with van der Waals surface area (Å²) in [4.78, 5) is 14.3. The average Bonchev–Trinajstić information content (AvgIpc) is 2.44. The molecule has 0 aliphatic carbocycles. The molecule has 5 heteroatoms. The van der Waals surface area contributed by atoms with Gasteiger partial charge in [-0.15, -0.1) is 0 Å². The van der Waals surface area contributed by atoms with Crippen molar-refractivity contribution >= 4 is 29.1 Å². The molecule has 118 valence electrons. The van der Waals surface area contributed by atoms with Gasteiger partial charge in [0.15, 0.2) is 0 Å². The van der Waals surface area contributed by atoms with E-state index in [1.807, 2.05) is 37.0 Å². The minimum absolute atomic E-state index is 0.0369. The van der Waals surface area contributed by atoms with E-state index in [0.717, 1.165) is 23.2 Å². The molecule has 0 fully saturated rings. The Balaban J connectivity index is 2.11. The first-order valence-corrected chi connectivity index (χ1v) is 8.02. The first kappa shape index (κ1) is 16.9. The molecule has 22 heavy (non-hydrogen) atoms. The molecule has 1 aliphatic rings. The number of rotatable bonds is 4. The van der Waals surface area contributed by atoms with Crippen LogP contribution in [0, 0.1) is 0 Å². The van der Waals surface area contributed by atoms with E-state index in [1.165, 1.54) is 0 Å². The van der Waals surface area contributed by atoms with Crippen LogP contribution in [0.1, 0.15) is 31.0 Å². The Morgan fingerprint density at radius 3 is 2.91 bits per heavy atom. The Labute approximate surface area is 141 Å². The highest BCUT2D eigenvalue weighted by molar-refractivity contribution is 6.35. The number of nitrogens with zero attached hydrogens (tertiary/aromatic N) is 1. The molecular formula is C17H20Cl2N2O. The quantitative estimate of drug-likeness (QED) is 0.837. The Kier molecular flexibility index (Phi) is 5.54. The van der Waals surface area contributed by atoms with E-state index in [2.05, 4.69) is 11.9 Å². The zero-order valence-electron chi connectivity index (χ0n) is 12.8. The van der Waals surface area contributed by atoms with Gasteiger partial charge < -0.3 is 10.2 Å². The lowest BCUT2D eigenvalue weighted by molar-refractivity contribution is -0.132. The van der Waals surface area contributed by atoms with Gasteiger partial charge in [0.05, 0.1) is 12.6 Å². The lowest BCUT2D eigenvalue weighted by Gasteiger charge is -2.36. The zero-order chi connectivity index (χ0) is 16.3.